The van der Waals surface area contributed by atoms with Crippen LogP contribution in [0.4, 0.5) is 5.69 Å². The highest BCUT2D eigenvalue weighted by Crippen LogP contribution is 2.19. The molecular formula is C24H20N4O2S. The Balaban J connectivity index is 1.61. The minimum Gasteiger partial charge on any atom is -0.332 e. The number of aryl methyl sites for hydroxylation is 2. The molecule has 6 nitrogen and oxygen atoms in total. The van der Waals surface area contributed by atoms with Gasteiger partial charge in [-0.05, 0) is 68.0 Å². The van der Waals surface area contributed by atoms with Crippen molar-refractivity contribution in [1.29, 1.82) is 0 Å². The van der Waals surface area contributed by atoms with E-state index in [0.29, 0.717) is 28.0 Å². The minimum atomic E-state index is -0.297. The highest BCUT2D eigenvalue weighted by molar-refractivity contribution is 7.80. The minimum absolute atomic E-state index is 0.136. The number of rotatable bonds is 3. The van der Waals surface area contributed by atoms with Gasteiger partial charge in [0.05, 0.1) is 16.6 Å². The predicted molar refractivity (Wildman–Crippen MR) is 127 cm³/mol. The maximum atomic E-state index is 13.2. The fraction of sp³-hybridized carbons (Fsp3) is 0.0833. The number of hydrogen-bond donors (Lipinski definition) is 2. The highest BCUT2D eigenvalue weighted by Gasteiger charge is 2.13. The zero-order valence-electron chi connectivity index (χ0n) is 17.0. The van der Waals surface area contributed by atoms with Crippen LogP contribution in [0.3, 0.4) is 0 Å². The molecule has 2 N–H and O–H groups in total. The second-order valence-corrected chi connectivity index (χ2v) is 7.50. The fourth-order valence-corrected chi connectivity index (χ4v) is 3.61. The van der Waals surface area contributed by atoms with E-state index in [4.69, 9.17) is 12.2 Å². The van der Waals surface area contributed by atoms with Gasteiger partial charge in [0.15, 0.2) is 5.11 Å². The van der Waals surface area contributed by atoms with Gasteiger partial charge in [0, 0.05) is 11.3 Å². The lowest BCUT2D eigenvalue weighted by atomic mass is 10.1. The largest absolute Gasteiger partial charge is 0.332 e. The maximum absolute atomic E-state index is 13.2. The fourth-order valence-electron chi connectivity index (χ4n) is 3.40. The number of nitrogens with one attached hydrogen (secondary N) is 2. The molecule has 0 aliphatic carbocycles. The molecule has 154 valence electrons. The average molecular weight is 429 g/mol. The van der Waals surface area contributed by atoms with Gasteiger partial charge in [-0.15, -0.1) is 0 Å². The molecule has 3 aromatic carbocycles. The third kappa shape index (κ3) is 4.22. The van der Waals surface area contributed by atoms with Crippen molar-refractivity contribution in [3.05, 3.63) is 100 Å². The monoisotopic (exact) mass is 428 g/mol. The van der Waals surface area contributed by atoms with Crippen molar-refractivity contribution in [2.75, 3.05) is 5.32 Å². The van der Waals surface area contributed by atoms with E-state index in [0.717, 1.165) is 11.3 Å². The van der Waals surface area contributed by atoms with Crippen molar-refractivity contribution in [2.45, 2.75) is 13.8 Å². The zero-order chi connectivity index (χ0) is 22.0. The number of carbonyl (C=O) groups is 1. The molecule has 0 aliphatic heterocycles. The summed E-state index contributed by atoms with van der Waals surface area (Å²) in [7, 11) is 0. The van der Waals surface area contributed by atoms with E-state index < -0.39 is 0 Å². The van der Waals surface area contributed by atoms with Crippen LogP contribution in [0.25, 0.3) is 16.6 Å². The molecule has 1 amide bonds. The second-order valence-electron chi connectivity index (χ2n) is 7.09. The summed E-state index contributed by atoms with van der Waals surface area (Å²) in [4.78, 5) is 30.0. The van der Waals surface area contributed by atoms with Crippen LogP contribution in [0.2, 0.25) is 0 Å². The summed E-state index contributed by atoms with van der Waals surface area (Å²) in [5.41, 5.74) is 3.36. The van der Waals surface area contributed by atoms with Gasteiger partial charge in [0.1, 0.15) is 5.82 Å². The van der Waals surface area contributed by atoms with Gasteiger partial charge < -0.3 is 5.32 Å². The molecule has 0 saturated carbocycles. The first-order valence-corrected chi connectivity index (χ1v) is 10.1. The van der Waals surface area contributed by atoms with Crippen molar-refractivity contribution in [3.8, 4) is 5.69 Å². The number of thiocarbonyl (C=S) groups is 1. The Hall–Kier alpha value is -3.84. The number of carbonyl (C=O) groups excluding carboxylic acids is 1. The van der Waals surface area contributed by atoms with E-state index in [2.05, 4.69) is 15.6 Å². The van der Waals surface area contributed by atoms with Crippen LogP contribution in [-0.4, -0.2) is 20.6 Å². The van der Waals surface area contributed by atoms with Crippen molar-refractivity contribution in [2.24, 2.45) is 0 Å². The van der Waals surface area contributed by atoms with E-state index in [1.54, 1.807) is 54.0 Å². The molecule has 0 radical (unpaired) electrons. The molecule has 0 fully saturated rings. The lowest BCUT2D eigenvalue weighted by molar-refractivity contribution is 0.0977. The second kappa shape index (κ2) is 8.49. The lowest BCUT2D eigenvalue weighted by Crippen LogP contribution is -2.34. The van der Waals surface area contributed by atoms with Crippen LogP contribution in [0.1, 0.15) is 21.7 Å². The van der Waals surface area contributed by atoms with Crippen molar-refractivity contribution < 1.29 is 4.79 Å². The Kier molecular flexibility index (Phi) is 5.60. The van der Waals surface area contributed by atoms with Crippen molar-refractivity contribution >= 4 is 39.8 Å². The zero-order valence-corrected chi connectivity index (χ0v) is 17.9. The third-order valence-electron chi connectivity index (χ3n) is 4.91. The molecule has 4 rings (SSSR count). The van der Waals surface area contributed by atoms with E-state index in [-0.39, 0.29) is 16.6 Å². The first kappa shape index (κ1) is 20.4. The van der Waals surface area contributed by atoms with E-state index in [1.807, 2.05) is 37.3 Å². The predicted octanol–water partition coefficient (Wildman–Crippen LogP) is 4.13. The summed E-state index contributed by atoms with van der Waals surface area (Å²) in [5.74, 6) is 0.290. The first-order valence-electron chi connectivity index (χ1n) is 9.71. The summed E-state index contributed by atoms with van der Waals surface area (Å²) < 4.78 is 1.62. The molecule has 1 aromatic heterocycles. The van der Waals surface area contributed by atoms with Gasteiger partial charge in [0.25, 0.3) is 11.5 Å². The smallest absolute Gasteiger partial charge is 0.265 e. The number of hydrogen-bond acceptors (Lipinski definition) is 4. The van der Waals surface area contributed by atoms with Crippen LogP contribution in [0, 0.1) is 13.8 Å². The molecular weight excluding hydrogens is 408 g/mol. The van der Waals surface area contributed by atoms with Gasteiger partial charge in [-0.2, -0.15) is 0 Å². The number of fused-ring (bicyclic) bond motifs is 1. The quantitative estimate of drug-likeness (QED) is 0.480. The van der Waals surface area contributed by atoms with Gasteiger partial charge >= 0.3 is 0 Å². The van der Waals surface area contributed by atoms with Crippen LogP contribution in [0.5, 0.6) is 0 Å². The molecule has 0 bridgehead atoms. The molecule has 1 heterocycles. The van der Waals surface area contributed by atoms with Crippen LogP contribution in [0.15, 0.2) is 77.6 Å². The number of aromatic nitrogens is 2. The maximum Gasteiger partial charge on any atom is 0.265 e. The Morgan fingerprint density at radius 1 is 0.968 bits per heavy atom. The number of nitrogens with zero attached hydrogens (tertiary/aromatic N) is 2. The number of benzene rings is 3. The average Bonchev–Trinajstić information content (AvgIpc) is 2.75. The van der Waals surface area contributed by atoms with Crippen molar-refractivity contribution in [3.63, 3.8) is 0 Å². The Morgan fingerprint density at radius 3 is 2.42 bits per heavy atom. The third-order valence-corrected chi connectivity index (χ3v) is 5.12. The van der Waals surface area contributed by atoms with Crippen molar-refractivity contribution in [1.82, 2.24) is 14.9 Å². The Bertz CT molecular complexity index is 1360. The van der Waals surface area contributed by atoms with E-state index in [9.17, 15) is 9.59 Å². The molecule has 7 heteroatoms. The molecule has 0 atom stereocenters. The first-order chi connectivity index (χ1) is 14.9. The summed E-state index contributed by atoms with van der Waals surface area (Å²) in [5, 5.41) is 6.29. The van der Waals surface area contributed by atoms with E-state index >= 15 is 0 Å². The standard InChI is InChI=1S/C24H20N4O2S/c1-15-8-6-7-11-21(15)28-16(2)25-20-14-18(12-13-19(20)23(28)30)26-24(31)27-22(29)17-9-4-3-5-10-17/h3-14H,1-2H3,(H2,26,27,29,31). The normalized spacial score (nSPS) is 10.6. The summed E-state index contributed by atoms with van der Waals surface area (Å²) in [6, 6.07) is 21.7. The molecule has 31 heavy (non-hydrogen) atoms. The Labute approximate surface area is 184 Å². The molecule has 0 saturated heterocycles. The molecule has 0 unspecified atom stereocenters. The number of amides is 1. The highest BCUT2D eigenvalue weighted by atomic mass is 32.1. The topological polar surface area (TPSA) is 76.0 Å². The molecule has 4 aromatic rings. The van der Waals surface area contributed by atoms with Crippen LogP contribution >= 0.6 is 12.2 Å². The van der Waals surface area contributed by atoms with Gasteiger partial charge in [-0.3, -0.25) is 19.5 Å². The Morgan fingerprint density at radius 2 is 1.68 bits per heavy atom. The summed E-state index contributed by atoms with van der Waals surface area (Å²) >= 11 is 5.26. The molecule has 0 aliphatic rings. The van der Waals surface area contributed by atoms with Crippen LogP contribution in [-0.2, 0) is 0 Å². The SMILES string of the molecule is Cc1ccccc1-n1c(C)nc2cc(NC(=S)NC(=O)c3ccccc3)ccc2c1=O. The summed E-state index contributed by atoms with van der Waals surface area (Å²) in [6.45, 7) is 3.77. The van der Waals surface area contributed by atoms with Crippen LogP contribution < -0.4 is 16.2 Å². The van der Waals surface area contributed by atoms with E-state index in [1.165, 1.54) is 0 Å². The number of para-hydroxylation sites is 1. The molecule has 0 spiro atoms. The lowest BCUT2D eigenvalue weighted by Gasteiger charge is -2.14. The van der Waals surface area contributed by atoms with Gasteiger partial charge in [-0.1, -0.05) is 36.4 Å². The van der Waals surface area contributed by atoms with Gasteiger partial charge in [0.2, 0.25) is 0 Å². The van der Waals surface area contributed by atoms with Gasteiger partial charge in [-0.25, -0.2) is 4.98 Å². The number of anilines is 1. The summed E-state index contributed by atoms with van der Waals surface area (Å²) in [6.07, 6.45) is 0.